The maximum atomic E-state index is 11.9. The van der Waals surface area contributed by atoms with Gasteiger partial charge in [0.15, 0.2) is 18.3 Å². The number of carbonyl (C=O) groups is 2. The predicted octanol–water partition coefficient (Wildman–Crippen LogP) is 3.01. The van der Waals surface area contributed by atoms with Gasteiger partial charge in [-0.2, -0.15) is 0 Å². The molecule has 0 radical (unpaired) electrons. The third-order valence-electron chi connectivity index (χ3n) is 3.54. The van der Waals surface area contributed by atoms with Crippen LogP contribution in [-0.4, -0.2) is 37.3 Å². The lowest BCUT2D eigenvalue weighted by atomic mass is 10.2. The van der Waals surface area contributed by atoms with Gasteiger partial charge in [-0.25, -0.2) is 0 Å². The molecular formula is C19H19Br2N3O5S. The summed E-state index contributed by atoms with van der Waals surface area (Å²) in [4.78, 5) is 23.8. The van der Waals surface area contributed by atoms with Gasteiger partial charge < -0.3 is 14.2 Å². The third-order valence-corrected chi connectivity index (χ3v) is 4.79. The summed E-state index contributed by atoms with van der Waals surface area (Å²) in [6, 6.07) is 10.5. The van der Waals surface area contributed by atoms with E-state index in [0.717, 1.165) is 14.5 Å². The number of ether oxygens (including phenoxy) is 3. The van der Waals surface area contributed by atoms with Crippen LogP contribution in [0.5, 0.6) is 17.2 Å². The molecule has 0 aliphatic carbocycles. The van der Waals surface area contributed by atoms with Crippen molar-refractivity contribution in [2.45, 2.75) is 6.92 Å². The van der Waals surface area contributed by atoms with Gasteiger partial charge in [-0.05, 0) is 77.0 Å². The van der Waals surface area contributed by atoms with Gasteiger partial charge in [-0.1, -0.05) is 15.9 Å². The van der Waals surface area contributed by atoms with Crippen molar-refractivity contribution >= 4 is 61.0 Å². The number of hydrogen-bond acceptors (Lipinski definition) is 6. The van der Waals surface area contributed by atoms with E-state index in [4.69, 9.17) is 26.4 Å². The van der Waals surface area contributed by atoms with E-state index in [1.54, 1.807) is 31.4 Å². The number of nitrogens with one attached hydrogen (secondary N) is 3. The van der Waals surface area contributed by atoms with Gasteiger partial charge in [0.05, 0.1) is 11.6 Å². The number of benzene rings is 2. The molecule has 11 heteroatoms. The molecule has 3 N–H and O–H groups in total. The molecule has 0 saturated heterocycles. The molecule has 0 spiro atoms. The van der Waals surface area contributed by atoms with Gasteiger partial charge in [0, 0.05) is 4.47 Å². The highest BCUT2D eigenvalue weighted by atomic mass is 79.9. The molecule has 30 heavy (non-hydrogen) atoms. The monoisotopic (exact) mass is 559 g/mol. The Labute approximate surface area is 195 Å². The number of methoxy groups -OCH3 is 1. The molecule has 0 unspecified atom stereocenters. The van der Waals surface area contributed by atoms with Gasteiger partial charge in [0.25, 0.3) is 11.8 Å². The smallest absolute Gasteiger partial charge is 0.276 e. The minimum absolute atomic E-state index is 0.0762. The van der Waals surface area contributed by atoms with E-state index in [-0.39, 0.29) is 18.3 Å². The van der Waals surface area contributed by atoms with Crippen LogP contribution >= 0.6 is 44.1 Å². The summed E-state index contributed by atoms with van der Waals surface area (Å²) >= 11 is 11.7. The van der Waals surface area contributed by atoms with Crippen LogP contribution in [0.15, 0.2) is 45.3 Å². The van der Waals surface area contributed by atoms with Crippen molar-refractivity contribution in [3.8, 4) is 17.2 Å². The molecular weight excluding hydrogens is 542 g/mol. The molecule has 0 fully saturated rings. The fourth-order valence-corrected chi connectivity index (χ4v) is 3.91. The van der Waals surface area contributed by atoms with Crippen LogP contribution in [-0.2, 0) is 9.59 Å². The van der Waals surface area contributed by atoms with E-state index in [0.29, 0.717) is 17.2 Å². The van der Waals surface area contributed by atoms with Crippen molar-refractivity contribution in [1.82, 2.24) is 16.2 Å². The van der Waals surface area contributed by atoms with Gasteiger partial charge >= 0.3 is 0 Å². The maximum absolute atomic E-state index is 11.9. The molecule has 2 rings (SSSR count). The molecule has 2 aromatic rings. The van der Waals surface area contributed by atoms with Crippen LogP contribution in [0.25, 0.3) is 0 Å². The van der Waals surface area contributed by atoms with E-state index in [1.807, 2.05) is 19.1 Å². The average molecular weight is 561 g/mol. The summed E-state index contributed by atoms with van der Waals surface area (Å²) in [5.41, 5.74) is 5.63. The number of hydrogen-bond donors (Lipinski definition) is 3. The molecule has 0 aromatic heterocycles. The maximum Gasteiger partial charge on any atom is 0.276 e. The van der Waals surface area contributed by atoms with Crippen LogP contribution in [0.1, 0.15) is 5.56 Å². The van der Waals surface area contributed by atoms with Crippen LogP contribution < -0.4 is 30.4 Å². The second-order valence-electron chi connectivity index (χ2n) is 5.84. The Hall–Kier alpha value is -2.37. The molecule has 0 atom stereocenters. The van der Waals surface area contributed by atoms with Crippen LogP contribution in [0.3, 0.4) is 0 Å². The van der Waals surface area contributed by atoms with Crippen molar-refractivity contribution in [1.29, 1.82) is 0 Å². The number of thiocarbonyl (C=S) groups is 1. The lowest BCUT2D eigenvalue weighted by molar-refractivity contribution is -0.124. The van der Waals surface area contributed by atoms with Crippen molar-refractivity contribution in [2.24, 2.45) is 0 Å². The number of halogens is 2. The highest BCUT2D eigenvalue weighted by Gasteiger charge is 2.11. The van der Waals surface area contributed by atoms with Crippen LogP contribution in [0, 0.1) is 6.92 Å². The first-order valence-corrected chi connectivity index (χ1v) is 10.5. The van der Waals surface area contributed by atoms with Crippen molar-refractivity contribution in [2.75, 3.05) is 20.3 Å². The summed E-state index contributed by atoms with van der Waals surface area (Å²) in [5, 5.41) is 2.31. The molecule has 2 amide bonds. The molecule has 0 aliphatic heterocycles. The molecule has 0 bridgehead atoms. The van der Waals surface area contributed by atoms with Crippen molar-refractivity contribution in [3.05, 3.63) is 50.9 Å². The molecule has 0 heterocycles. The van der Waals surface area contributed by atoms with E-state index < -0.39 is 11.8 Å². The largest absolute Gasteiger partial charge is 0.497 e. The lowest BCUT2D eigenvalue weighted by Gasteiger charge is -2.13. The minimum Gasteiger partial charge on any atom is -0.497 e. The van der Waals surface area contributed by atoms with Crippen LogP contribution in [0.2, 0.25) is 0 Å². The Balaban J connectivity index is 1.69. The standard InChI is InChI=1S/C19H19Br2N3O5S/c1-11-7-12(20)8-15(21)18(11)29-10-17(26)23-24-19(30)22-16(25)9-28-14-5-3-13(27-2)4-6-14/h3-8H,9-10H2,1-2H3,(H,23,26)(H2,22,24,25,30). The number of rotatable bonds is 7. The van der Waals surface area contributed by atoms with E-state index in [2.05, 4.69) is 48.0 Å². The SMILES string of the molecule is COc1ccc(OCC(=O)NC(=S)NNC(=O)COc2c(C)cc(Br)cc2Br)cc1. The summed E-state index contributed by atoms with van der Waals surface area (Å²) < 4.78 is 17.5. The number of amides is 2. The van der Waals surface area contributed by atoms with Crippen molar-refractivity contribution in [3.63, 3.8) is 0 Å². The Morgan fingerprint density at radius 3 is 2.23 bits per heavy atom. The van der Waals surface area contributed by atoms with Crippen molar-refractivity contribution < 1.29 is 23.8 Å². The Morgan fingerprint density at radius 2 is 1.60 bits per heavy atom. The molecule has 8 nitrogen and oxygen atoms in total. The Bertz CT molecular complexity index is 902. The minimum atomic E-state index is -0.483. The van der Waals surface area contributed by atoms with E-state index >= 15 is 0 Å². The first-order chi connectivity index (χ1) is 14.3. The van der Waals surface area contributed by atoms with Gasteiger partial charge in [0.2, 0.25) is 0 Å². The summed E-state index contributed by atoms with van der Waals surface area (Å²) in [5.74, 6) is 0.780. The summed E-state index contributed by atoms with van der Waals surface area (Å²) in [6.45, 7) is 1.37. The van der Waals surface area contributed by atoms with Gasteiger partial charge in [-0.3, -0.25) is 25.8 Å². The highest BCUT2D eigenvalue weighted by molar-refractivity contribution is 9.11. The fourth-order valence-electron chi connectivity index (χ4n) is 2.19. The molecule has 160 valence electrons. The summed E-state index contributed by atoms with van der Waals surface area (Å²) in [6.07, 6.45) is 0. The quantitative estimate of drug-likeness (QED) is 0.354. The molecule has 2 aromatic carbocycles. The number of aryl methyl sites for hydroxylation is 1. The normalized spacial score (nSPS) is 10.0. The summed E-state index contributed by atoms with van der Waals surface area (Å²) in [7, 11) is 1.56. The molecule has 0 saturated carbocycles. The zero-order valence-corrected chi connectivity index (χ0v) is 20.1. The number of carbonyl (C=O) groups excluding carboxylic acids is 2. The van der Waals surface area contributed by atoms with Gasteiger partial charge in [0.1, 0.15) is 17.2 Å². The third kappa shape index (κ3) is 7.81. The zero-order chi connectivity index (χ0) is 22.1. The Morgan fingerprint density at radius 1 is 0.967 bits per heavy atom. The number of hydrazine groups is 1. The topological polar surface area (TPSA) is 97.9 Å². The second-order valence-corrected chi connectivity index (χ2v) is 8.02. The fraction of sp³-hybridized carbons (Fsp3) is 0.211. The lowest BCUT2D eigenvalue weighted by Crippen LogP contribution is -2.50. The first kappa shape index (κ1) is 23.9. The second kappa shape index (κ2) is 11.7. The Kier molecular flexibility index (Phi) is 9.34. The zero-order valence-electron chi connectivity index (χ0n) is 16.1. The molecule has 0 aliphatic rings. The highest BCUT2D eigenvalue weighted by Crippen LogP contribution is 2.32. The average Bonchev–Trinajstić information content (AvgIpc) is 2.70. The van der Waals surface area contributed by atoms with E-state index in [9.17, 15) is 9.59 Å². The first-order valence-electron chi connectivity index (χ1n) is 8.52. The van der Waals surface area contributed by atoms with E-state index in [1.165, 1.54) is 0 Å². The predicted molar refractivity (Wildman–Crippen MR) is 123 cm³/mol. The van der Waals surface area contributed by atoms with Crippen LogP contribution in [0.4, 0.5) is 0 Å². The van der Waals surface area contributed by atoms with Gasteiger partial charge in [-0.15, -0.1) is 0 Å².